The molecule has 0 aliphatic carbocycles. The van der Waals surface area contributed by atoms with Crippen LogP contribution >= 0.6 is 0 Å². The lowest BCUT2D eigenvalue weighted by Gasteiger charge is -2.33. The summed E-state index contributed by atoms with van der Waals surface area (Å²) in [6, 6.07) is 0. The van der Waals surface area contributed by atoms with E-state index >= 15 is 0 Å². The Hall–Kier alpha value is -1.10. The van der Waals surface area contributed by atoms with Gasteiger partial charge in [0.2, 0.25) is 11.8 Å². The summed E-state index contributed by atoms with van der Waals surface area (Å²) in [5.74, 6) is 0.220. The van der Waals surface area contributed by atoms with Crippen molar-refractivity contribution in [1.29, 1.82) is 0 Å². The van der Waals surface area contributed by atoms with E-state index in [1.54, 1.807) is 0 Å². The monoisotopic (exact) mass is 240 g/mol. The van der Waals surface area contributed by atoms with Crippen molar-refractivity contribution in [2.45, 2.75) is 25.7 Å². The van der Waals surface area contributed by atoms with Crippen LogP contribution in [0.25, 0.3) is 0 Å². The highest BCUT2D eigenvalue weighted by atomic mass is 16.2. The molecule has 0 unspecified atom stereocenters. The summed E-state index contributed by atoms with van der Waals surface area (Å²) in [5, 5.41) is 2.22. The fourth-order valence-electron chi connectivity index (χ4n) is 2.81. The van der Waals surface area contributed by atoms with Crippen molar-refractivity contribution in [3.05, 3.63) is 0 Å². The fourth-order valence-corrected chi connectivity index (χ4v) is 2.81. The summed E-state index contributed by atoms with van der Waals surface area (Å²) in [4.78, 5) is 25.2. The Morgan fingerprint density at radius 3 is 2.35 bits per heavy atom. The lowest BCUT2D eigenvalue weighted by Crippen LogP contribution is -2.87. The molecule has 17 heavy (non-hydrogen) atoms. The predicted molar refractivity (Wildman–Crippen MR) is 62.9 cm³/mol. The Balaban J connectivity index is 1.83. The SMILES string of the molecule is NC(=O)C1CCN(C(=O)[C@H]2CCC[NH2+]C2)CC1. The molecule has 96 valence electrons. The zero-order valence-electron chi connectivity index (χ0n) is 10.2. The zero-order valence-corrected chi connectivity index (χ0v) is 10.2. The molecule has 2 heterocycles. The third-order valence-electron chi connectivity index (χ3n) is 3.97. The van der Waals surface area contributed by atoms with Gasteiger partial charge in [-0.1, -0.05) is 0 Å². The molecule has 4 N–H and O–H groups in total. The number of hydrogen-bond donors (Lipinski definition) is 2. The van der Waals surface area contributed by atoms with Crippen LogP contribution in [0.2, 0.25) is 0 Å². The van der Waals surface area contributed by atoms with Crippen LogP contribution in [0.3, 0.4) is 0 Å². The third kappa shape index (κ3) is 2.97. The summed E-state index contributed by atoms with van der Waals surface area (Å²) in [6.45, 7) is 3.47. The minimum absolute atomic E-state index is 0.0306. The molecule has 0 spiro atoms. The molecular weight excluding hydrogens is 218 g/mol. The molecule has 5 nitrogen and oxygen atoms in total. The van der Waals surface area contributed by atoms with E-state index in [-0.39, 0.29) is 23.7 Å². The molecule has 2 saturated heterocycles. The second-order valence-electron chi connectivity index (χ2n) is 5.15. The first-order valence-electron chi connectivity index (χ1n) is 6.58. The molecular formula is C12H22N3O2+. The van der Waals surface area contributed by atoms with Crippen molar-refractivity contribution >= 4 is 11.8 Å². The van der Waals surface area contributed by atoms with Crippen LogP contribution < -0.4 is 11.1 Å². The molecule has 0 saturated carbocycles. The van der Waals surface area contributed by atoms with Crippen LogP contribution in [-0.4, -0.2) is 42.9 Å². The van der Waals surface area contributed by atoms with Crippen molar-refractivity contribution < 1.29 is 14.9 Å². The number of nitrogens with zero attached hydrogens (tertiary/aromatic N) is 1. The van der Waals surface area contributed by atoms with Gasteiger partial charge >= 0.3 is 0 Å². The molecule has 1 atom stereocenters. The summed E-state index contributed by atoms with van der Waals surface area (Å²) in [7, 11) is 0. The first-order chi connectivity index (χ1) is 8.18. The van der Waals surface area contributed by atoms with Crippen molar-refractivity contribution in [1.82, 2.24) is 4.90 Å². The summed E-state index contributed by atoms with van der Waals surface area (Å²) < 4.78 is 0. The van der Waals surface area contributed by atoms with Crippen molar-refractivity contribution in [3.8, 4) is 0 Å². The lowest BCUT2D eigenvalue weighted by atomic mass is 9.93. The van der Waals surface area contributed by atoms with E-state index in [0.717, 1.165) is 38.8 Å². The maximum Gasteiger partial charge on any atom is 0.231 e. The maximum absolute atomic E-state index is 12.2. The van der Waals surface area contributed by atoms with E-state index in [4.69, 9.17) is 5.73 Å². The fraction of sp³-hybridized carbons (Fsp3) is 0.833. The minimum atomic E-state index is -0.219. The van der Waals surface area contributed by atoms with E-state index in [1.807, 2.05) is 4.90 Å². The molecule has 2 aliphatic heterocycles. The van der Waals surface area contributed by atoms with Crippen molar-refractivity contribution in [2.75, 3.05) is 26.2 Å². The van der Waals surface area contributed by atoms with Gasteiger partial charge in [0, 0.05) is 19.0 Å². The van der Waals surface area contributed by atoms with E-state index in [2.05, 4.69) is 5.32 Å². The Bertz CT molecular complexity index is 292. The number of carbonyl (C=O) groups excluding carboxylic acids is 2. The number of carbonyl (C=O) groups is 2. The normalized spacial score (nSPS) is 26.8. The van der Waals surface area contributed by atoms with Gasteiger partial charge in [-0.05, 0) is 25.7 Å². The Kier molecular flexibility index (Phi) is 3.99. The number of likely N-dealkylation sites (tertiary alicyclic amines) is 1. The molecule has 0 radical (unpaired) electrons. The average Bonchev–Trinajstić information content (AvgIpc) is 2.39. The smallest absolute Gasteiger partial charge is 0.231 e. The number of nitrogens with two attached hydrogens (primary N) is 2. The Morgan fingerprint density at radius 1 is 1.12 bits per heavy atom. The quantitative estimate of drug-likeness (QED) is 0.628. The highest BCUT2D eigenvalue weighted by molar-refractivity contribution is 5.80. The first-order valence-corrected chi connectivity index (χ1v) is 6.58. The van der Waals surface area contributed by atoms with Gasteiger partial charge in [0.15, 0.2) is 0 Å². The van der Waals surface area contributed by atoms with Gasteiger partial charge in [0.1, 0.15) is 0 Å². The van der Waals surface area contributed by atoms with Gasteiger partial charge in [-0.3, -0.25) is 9.59 Å². The molecule has 0 aromatic carbocycles. The first kappa shape index (κ1) is 12.4. The van der Waals surface area contributed by atoms with E-state index in [0.29, 0.717) is 13.1 Å². The van der Waals surface area contributed by atoms with Crippen LogP contribution in [0.1, 0.15) is 25.7 Å². The van der Waals surface area contributed by atoms with Gasteiger partial charge in [0.25, 0.3) is 0 Å². The van der Waals surface area contributed by atoms with Crippen molar-refractivity contribution in [2.24, 2.45) is 17.6 Å². The molecule has 2 aliphatic rings. The van der Waals surface area contributed by atoms with E-state index in [1.165, 1.54) is 0 Å². The highest BCUT2D eigenvalue weighted by Crippen LogP contribution is 2.19. The van der Waals surface area contributed by atoms with Crippen LogP contribution in [0.4, 0.5) is 0 Å². The van der Waals surface area contributed by atoms with Crippen molar-refractivity contribution in [3.63, 3.8) is 0 Å². The summed E-state index contributed by atoms with van der Waals surface area (Å²) in [6.07, 6.45) is 3.62. The number of amides is 2. The van der Waals surface area contributed by atoms with Gasteiger partial charge < -0.3 is 16.0 Å². The number of piperidine rings is 2. The maximum atomic E-state index is 12.2. The van der Waals surface area contributed by atoms with Gasteiger partial charge in [-0.25, -0.2) is 0 Å². The van der Waals surface area contributed by atoms with Crippen LogP contribution in [0.5, 0.6) is 0 Å². The van der Waals surface area contributed by atoms with Gasteiger partial charge in [0.05, 0.1) is 19.0 Å². The molecule has 2 rings (SSSR count). The highest BCUT2D eigenvalue weighted by Gasteiger charge is 2.31. The topological polar surface area (TPSA) is 80.0 Å². The number of rotatable bonds is 2. The number of primary amides is 1. The van der Waals surface area contributed by atoms with Crippen LogP contribution in [0.15, 0.2) is 0 Å². The molecule has 5 heteroatoms. The lowest BCUT2D eigenvalue weighted by molar-refractivity contribution is -0.666. The van der Waals surface area contributed by atoms with E-state index in [9.17, 15) is 9.59 Å². The van der Waals surface area contributed by atoms with Gasteiger partial charge in [-0.15, -0.1) is 0 Å². The van der Waals surface area contributed by atoms with Gasteiger partial charge in [-0.2, -0.15) is 0 Å². The van der Waals surface area contributed by atoms with Crippen LogP contribution in [0, 0.1) is 11.8 Å². The molecule has 2 amide bonds. The second kappa shape index (κ2) is 5.49. The summed E-state index contributed by atoms with van der Waals surface area (Å²) in [5.41, 5.74) is 5.28. The second-order valence-corrected chi connectivity index (χ2v) is 5.15. The number of hydrogen-bond acceptors (Lipinski definition) is 2. The summed E-state index contributed by atoms with van der Waals surface area (Å²) >= 11 is 0. The molecule has 2 fully saturated rings. The Labute approximate surface area is 102 Å². The largest absolute Gasteiger partial charge is 0.369 e. The van der Waals surface area contributed by atoms with Crippen LogP contribution in [-0.2, 0) is 9.59 Å². The third-order valence-corrected chi connectivity index (χ3v) is 3.97. The Morgan fingerprint density at radius 2 is 1.82 bits per heavy atom. The predicted octanol–water partition coefficient (Wildman–Crippen LogP) is -1.32. The molecule has 0 aromatic heterocycles. The average molecular weight is 240 g/mol. The minimum Gasteiger partial charge on any atom is -0.369 e. The standard InChI is InChI=1S/C12H21N3O2/c13-11(16)9-3-6-15(7-4-9)12(17)10-2-1-5-14-8-10/h9-10,14H,1-8H2,(H2,13,16)/p+1/t10-/m0/s1. The molecule has 0 aromatic rings. The van der Waals surface area contributed by atoms with E-state index < -0.39 is 0 Å². The number of quaternary nitrogens is 1. The molecule has 0 bridgehead atoms. The zero-order chi connectivity index (χ0) is 12.3.